The van der Waals surface area contributed by atoms with Crippen LogP contribution in [-0.4, -0.2) is 12.9 Å². The van der Waals surface area contributed by atoms with Crippen LogP contribution in [0, 0.1) is 0 Å². The van der Waals surface area contributed by atoms with Gasteiger partial charge in [-0.25, -0.2) is 0 Å². The number of fused-ring (bicyclic) bond motifs is 2. The molecular weight excluding hydrogens is 320 g/mol. The average molecular weight is 338 g/mol. The Labute approximate surface area is 152 Å². The number of carbonyl (C=O) groups excluding carboxylic acids is 1. The fourth-order valence-corrected chi connectivity index (χ4v) is 3.24. The number of hydrogen-bond acceptors (Lipinski definition) is 2. The molecule has 0 aromatic heterocycles. The van der Waals surface area contributed by atoms with Crippen LogP contribution in [0.3, 0.4) is 0 Å². The highest BCUT2D eigenvalue weighted by molar-refractivity contribution is 6.11. The van der Waals surface area contributed by atoms with Crippen molar-refractivity contribution in [1.29, 1.82) is 0 Å². The van der Waals surface area contributed by atoms with Gasteiger partial charge in [0.05, 0.1) is 7.11 Å². The lowest BCUT2D eigenvalue weighted by Gasteiger charge is -2.08. The van der Waals surface area contributed by atoms with Crippen molar-refractivity contribution in [2.75, 3.05) is 7.11 Å². The summed E-state index contributed by atoms with van der Waals surface area (Å²) in [6.07, 6.45) is 3.58. The van der Waals surface area contributed by atoms with Crippen molar-refractivity contribution in [3.8, 4) is 5.75 Å². The fourth-order valence-electron chi connectivity index (χ4n) is 3.24. The van der Waals surface area contributed by atoms with Crippen LogP contribution in [-0.2, 0) is 0 Å². The van der Waals surface area contributed by atoms with Crippen LogP contribution >= 0.6 is 0 Å². The van der Waals surface area contributed by atoms with Gasteiger partial charge in [0.2, 0.25) is 0 Å². The first kappa shape index (κ1) is 16.1. The second kappa shape index (κ2) is 6.85. The molecule has 0 heterocycles. The Kier molecular flexibility index (Phi) is 4.24. The van der Waals surface area contributed by atoms with Crippen LogP contribution in [0.2, 0.25) is 0 Å². The van der Waals surface area contributed by atoms with E-state index in [1.54, 1.807) is 37.5 Å². The monoisotopic (exact) mass is 338 g/mol. The van der Waals surface area contributed by atoms with E-state index in [9.17, 15) is 4.79 Å². The smallest absolute Gasteiger partial charge is 0.185 e. The number of hydrogen-bond donors (Lipinski definition) is 0. The number of methoxy groups -OCH3 is 1. The van der Waals surface area contributed by atoms with Gasteiger partial charge in [-0.2, -0.15) is 0 Å². The summed E-state index contributed by atoms with van der Waals surface area (Å²) in [4.78, 5) is 12.6. The van der Waals surface area contributed by atoms with Gasteiger partial charge in [0, 0.05) is 5.56 Å². The molecule has 0 aliphatic heterocycles. The summed E-state index contributed by atoms with van der Waals surface area (Å²) in [6, 6.07) is 25.9. The first-order valence-corrected chi connectivity index (χ1v) is 8.53. The Morgan fingerprint density at radius 3 is 1.96 bits per heavy atom. The highest BCUT2D eigenvalue weighted by atomic mass is 16.5. The van der Waals surface area contributed by atoms with Crippen molar-refractivity contribution in [2.24, 2.45) is 0 Å². The van der Waals surface area contributed by atoms with E-state index in [-0.39, 0.29) is 5.78 Å². The molecule has 0 aliphatic carbocycles. The number of carbonyl (C=O) groups is 1. The average Bonchev–Trinajstić information content (AvgIpc) is 2.71. The summed E-state index contributed by atoms with van der Waals surface area (Å²) in [5, 5.41) is 4.63. The van der Waals surface area contributed by atoms with Crippen molar-refractivity contribution in [2.45, 2.75) is 0 Å². The first-order chi connectivity index (χ1) is 12.8. The molecule has 4 rings (SSSR count). The number of benzene rings is 4. The first-order valence-electron chi connectivity index (χ1n) is 8.53. The molecule has 4 aromatic carbocycles. The third kappa shape index (κ3) is 2.98. The fraction of sp³-hybridized carbons (Fsp3) is 0.0417. The third-order valence-corrected chi connectivity index (χ3v) is 4.59. The topological polar surface area (TPSA) is 26.3 Å². The van der Waals surface area contributed by atoms with Gasteiger partial charge in [-0.1, -0.05) is 48.5 Å². The van der Waals surface area contributed by atoms with Crippen LogP contribution < -0.4 is 4.74 Å². The zero-order chi connectivity index (χ0) is 17.9. The molecule has 0 spiro atoms. The van der Waals surface area contributed by atoms with E-state index in [0.29, 0.717) is 5.56 Å². The lowest BCUT2D eigenvalue weighted by molar-refractivity contribution is 0.104. The predicted octanol–water partition coefficient (Wildman–Crippen LogP) is 5.90. The van der Waals surface area contributed by atoms with Crippen LogP contribution in [0.25, 0.3) is 27.6 Å². The van der Waals surface area contributed by atoms with Gasteiger partial charge in [-0.3, -0.25) is 4.79 Å². The van der Waals surface area contributed by atoms with E-state index in [1.165, 1.54) is 10.8 Å². The summed E-state index contributed by atoms with van der Waals surface area (Å²) in [7, 11) is 1.61. The molecular formula is C24H18O2. The molecule has 0 amide bonds. The minimum atomic E-state index is -0.0235. The van der Waals surface area contributed by atoms with E-state index in [0.717, 1.165) is 22.1 Å². The van der Waals surface area contributed by atoms with Crippen molar-refractivity contribution in [1.82, 2.24) is 0 Å². The molecule has 2 heteroatoms. The van der Waals surface area contributed by atoms with Gasteiger partial charge in [0.1, 0.15) is 5.75 Å². The summed E-state index contributed by atoms with van der Waals surface area (Å²) < 4.78 is 5.15. The van der Waals surface area contributed by atoms with Gasteiger partial charge in [0.25, 0.3) is 0 Å². The Bertz CT molecular complexity index is 1070. The molecule has 0 aliphatic rings. The van der Waals surface area contributed by atoms with E-state index in [2.05, 4.69) is 30.3 Å². The van der Waals surface area contributed by atoms with Crippen molar-refractivity contribution >= 4 is 33.4 Å². The van der Waals surface area contributed by atoms with Crippen LogP contribution in [0.1, 0.15) is 15.9 Å². The highest BCUT2D eigenvalue weighted by Crippen LogP contribution is 2.29. The Morgan fingerprint density at radius 2 is 1.38 bits per heavy atom. The molecule has 2 nitrogen and oxygen atoms in total. The molecule has 0 atom stereocenters. The van der Waals surface area contributed by atoms with Crippen LogP contribution in [0.5, 0.6) is 5.75 Å². The van der Waals surface area contributed by atoms with Gasteiger partial charge in [0.15, 0.2) is 5.78 Å². The minimum Gasteiger partial charge on any atom is -0.497 e. The number of rotatable bonds is 4. The Hall–Kier alpha value is -3.39. The van der Waals surface area contributed by atoms with Crippen molar-refractivity contribution in [3.05, 3.63) is 96.1 Å². The van der Waals surface area contributed by atoms with Crippen molar-refractivity contribution in [3.63, 3.8) is 0 Å². The molecule has 0 radical (unpaired) electrons. The maximum atomic E-state index is 12.6. The SMILES string of the molecule is COc1ccc(C(=O)/C=C\c2c3ccccc3cc3ccccc23)cc1. The summed E-state index contributed by atoms with van der Waals surface area (Å²) in [5.41, 5.74) is 1.71. The van der Waals surface area contributed by atoms with Gasteiger partial charge >= 0.3 is 0 Å². The zero-order valence-corrected chi connectivity index (χ0v) is 14.5. The maximum absolute atomic E-state index is 12.6. The van der Waals surface area contributed by atoms with Crippen LogP contribution in [0.4, 0.5) is 0 Å². The van der Waals surface area contributed by atoms with Crippen LogP contribution in [0.15, 0.2) is 84.9 Å². The summed E-state index contributed by atoms with van der Waals surface area (Å²) in [5.74, 6) is 0.718. The van der Waals surface area contributed by atoms with Crippen molar-refractivity contribution < 1.29 is 9.53 Å². The molecule has 26 heavy (non-hydrogen) atoms. The van der Waals surface area contributed by atoms with E-state index in [1.807, 2.05) is 30.3 Å². The summed E-state index contributed by atoms with van der Waals surface area (Å²) in [6.45, 7) is 0. The molecule has 126 valence electrons. The standard InChI is InChI=1S/C24H18O2/c1-26-20-12-10-17(11-13-20)24(25)15-14-23-21-8-4-2-6-18(21)16-19-7-3-5-9-22(19)23/h2-16H,1H3/b15-14-. The normalized spacial score (nSPS) is 11.3. The Morgan fingerprint density at radius 1 is 0.808 bits per heavy atom. The number of ketones is 1. The lowest BCUT2D eigenvalue weighted by Crippen LogP contribution is -1.94. The van der Waals surface area contributed by atoms with Gasteiger partial charge < -0.3 is 4.74 Å². The summed E-state index contributed by atoms with van der Waals surface area (Å²) >= 11 is 0. The predicted molar refractivity (Wildman–Crippen MR) is 108 cm³/mol. The minimum absolute atomic E-state index is 0.0235. The van der Waals surface area contributed by atoms with E-state index in [4.69, 9.17) is 4.74 Å². The molecule has 0 saturated carbocycles. The molecule has 0 saturated heterocycles. The maximum Gasteiger partial charge on any atom is 0.185 e. The zero-order valence-electron chi connectivity index (χ0n) is 14.5. The number of allylic oxidation sites excluding steroid dienone is 1. The van der Waals surface area contributed by atoms with E-state index >= 15 is 0 Å². The van der Waals surface area contributed by atoms with E-state index < -0.39 is 0 Å². The molecule has 0 unspecified atom stereocenters. The van der Waals surface area contributed by atoms with Gasteiger partial charge in [-0.05, 0) is 69.6 Å². The quantitative estimate of drug-likeness (QED) is 0.263. The Balaban J connectivity index is 1.79. The lowest BCUT2D eigenvalue weighted by atomic mass is 9.96. The highest BCUT2D eigenvalue weighted by Gasteiger charge is 2.06. The molecule has 0 fully saturated rings. The van der Waals surface area contributed by atoms with Gasteiger partial charge in [-0.15, -0.1) is 0 Å². The third-order valence-electron chi connectivity index (χ3n) is 4.59. The second-order valence-electron chi connectivity index (χ2n) is 6.16. The molecule has 0 bridgehead atoms. The number of ether oxygens (including phenoxy) is 1. The largest absolute Gasteiger partial charge is 0.497 e. The molecule has 0 N–H and O–H groups in total. The molecule has 4 aromatic rings. The second-order valence-corrected chi connectivity index (χ2v) is 6.16.